The maximum Gasteiger partial charge on any atom is 0.342 e. The summed E-state index contributed by atoms with van der Waals surface area (Å²) in [5.74, 6) is 0.809. The molecule has 0 fully saturated rings. The van der Waals surface area contributed by atoms with E-state index in [0.717, 1.165) is 46.4 Å². The topological polar surface area (TPSA) is 88.1 Å². The van der Waals surface area contributed by atoms with Crippen molar-refractivity contribution in [2.45, 2.75) is 45.2 Å². The maximum atomic E-state index is 11.7. The number of hydrogen-bond donors (Lipinski definition) is 2. The number of carboxylic acids is 1. The lowest BCUT2D eigenvalue weighted by atomic mass is 9.96. The molecule has 134 valence electrons. The van der Waals surface area contributed by atoms with Gasteiger partial charge in [0.1, 0.15) is 16.5 Å². The van der Waals surface area contributed by atoms with Gasteiger partial charge in [-0.1, -0.05) is 20.8 Å². The summed E-state index contributed by atoms with van der Waals surface area (Å²) in [6.45, 7) is 8.04. The summed E-state index contributed by atoms with van der Waals surface area (Å²) >= 11 is 1.04. The van der Waals surface area contributed by atoms with Crippen LogP contribution < -0.4 is 4.74 Å². The van der Waals surface area contributed by atoms with E-state index < -0.39 is 5.97 Å². The van der Waals surface area contributed by atoms with E-state index in [1.807, 2.05) is 26.0 Å². The molecule has 0 aliphatic carbocycles. The van der Waals surface area contributed by atoms with E-state index in [9.17, 15) is 9.90 Å². The van der Waals surface area contributed by atoms with E-state index >= 15 is 0 Å². The van der Waals surface area contributed by atoms with E-state index in [-0.39, 0.29) is 10.8 Å². The lowest BCUT2D eigenvalue weighted by Crippen LogP contribution is -2.00. The van der Waals surface area contributed by atoms with Crippen molar-refractivity contribution in [3.05, 3.63) is 39.6 Å². The Morgan fingerprint density at radius 3 is 2.68 bits per heavy atom. The largest absolute Gasteiger partial charge is 0.496 e. The van der Waals surface area contributed by atoms with Crippen LogP contribution in [-0.4, -0.2) is 33.4 Å². The second kappa shape index (κ2) is 8.20. The SMILES string of the molecule is CCc1nc(S/C(=C\c2cc(C(C)C)c(OC)cc2C)C(=O)O)n[nH]1. The number of aliphatic carboxylic acids is 1. The van der Waals surface area contributed by atoms with Gasteiger partial charge in [-0.25, -0.2) is 9.78 Å². The highest BCUT2D eigenvalue weighted by atomic mass is 32.2. The van der Waals surface area contributed by atoms with Crippen molar-refractivity contribution in [3.8, 4) is 5.75 Å². The van der Waals surface area contributed by atoms with E-state index in [2.05, 4.69) is 29.0 Å². The van der Waals surface area contributed by atoms with E-state index in [1.165, 1.54) is 0 Å². The zero-order chi connectivity index (χ0) is 18.6. The van der Waals surface area contributed by atoms with Crippen molar-refractivity contribution in [1.82, 2.24) is 15.2 Å². The molecule has 0 bridgehead atoms. The quantitative estimate of drug-likeness (QED) is 0.572. The Labute approximate surface area is 151 Å². The molecule has 2 aromatic rings. The van der Waals surface area contributed by atoms with Crippen molar-refractivity contribution >= 4 is 23.8 Å². The van der Waals surface area contributed by atoms with Gasteiger partial charge in [0.15, 0.2) is 0 Å². The van der Waals surface area contributed by atoms with Crippen LogP contribution in [0.3, 0.4) is 0 Å². The third-order valence-corrected chi connectivity index (χ3v) is 4.66. The summed E-state index contributed by atoms with van der Waals surface area (Å²) in [7, 11) is 1.64. The summed E-state index contributed by atoms with van der Waals surface area (Å²) in [6.07, 6.45) is 2.38. The van der Waals surface area contributed by atoms with Crippen molar-refractivity contribution < 1.29 is 14.6 Å². The molecule has 1 aromatic carbocycles. The van der Waals surface area contributed by atoms with Gasteiger partial charge < -0.3 is 9.84 Å². The van der Waals surface area contributed by atoms with Crippen LogP contribution in [-0.2, 0) is 11.2 Å². The number of carboxylic acid groups (broad SMARTS) is 1. The van der Waals surface area contributed by atoms with Gasteiger partial charge in [0.05, 0.1) is 7.11 Å². The molecule has 0 aliphatic rings. The van der Waals surface area contributed by atoms with Crippen molar-refractivity contribution in [2.75, 3.05) is 7.11 Å². The van der Waals surface area contributed by atoms with Crippen LogP contribution >= 0.6 is 11.8 Å². The average Bonchev–Trinajstić information content (AvgIpc) is 3.02. The van der Waals surface area contributed by atoms with E-state index in [1.54, 1.807) is 13.2 Å². The van der Waals surface area contributed by atoms with Crippen LogP contribution in [0, 0.1) is 6.92 Å². The number of benzene rings is 1. The minimum absolute atomic E-state index is 0.171. The number of carbonyl (C=O) groups is 1. The van der Waals surface area contributed by atoms with Crippen LogP contribution in [0.5, 0.6) is 5.75 Å². The molecular weight excluding hydrogens is 338 g/mol. The Balaban J connectivity index is 2.42. The van der Waals surface area contributed by atoms with Gasteiger partial charge in [-0.3, -0.25) is 5.10 Å². The van der Waals surface area contributed by atoms with Crippen LogP contribution in [0.2, 0.25) is 0 Å². The Hall–Kier alpha value is -2.28. The predicted molar refractivity (Wildman–Crippen MR) is 99.1 cm³/mol. The maximum absolute atomic E-state index is 11.7. The third kappa shape index (κ3) is 4.63. The predicted octanol–water partition coefficient (Wildman–Crippen LogP) is 4.03. The number of hydrogen-bond acceptors (Lipinski definition) is 5. The smallest absolute Gasteiger partial charge is 0.342 e. The molecule has 7 heteroatoms. The van der Waals surface area contributed by atoms with Gasteiger partial charge in [-0.15, -0.1) is 5.10 Å². The second-order valence-corrected chi connectivity index (χ2v) is 6.95. The number of thioether (sulfide) groups is 1. The zero-order valence-electron chi connectivity index (χ0n) is 15.1. The standard InChI is InChI=1S/C18H23N3O3S/c1-6-16-19-18(21-20-16)25-15(17(22)23)9-12-8-13(10(2)3)14(24-5)7-11(12)4/h7-10H,6H2,1-5H3,(H,22,23)(H,19,20,21)/b15-9-. The summed E-state index contributed by atoms with van der Waals surface area (Å²) in [5, 5.41) is 16.8. The van der Waals surface area contributed by atoms with Crippen molar-refractivity contribution in [2.24, 2.45) is 0 Å². The van der Waals surface area contributed by atoms with Crippen molar-refractivity contribution in [3.63, 3.8) is 0 Å². The highest BCUT2D eigenvalue weighted by Crippen LogP contribution is 2.32. The van der Waals surface area contributed by atoms with Crippen LogP contribution in [0.4, 0.5) is 0 Å². The Bertz CT molecular complexity index is 797. The average molecular weight is 361 g/mol. The number of rotatable bonds is 7. The minimum atomic E-state index is -1.01. The van der Waals surface area contributed by atoms with Crippen LogP contribution in [0.25, 0.3) is 6.08 Å². The monoisotopic (exact) mass is 361 g/mol. The lowest BCUT2D eigenvalue weighted by molar-refractivity contribution is -0.131. The molecule has 0 amide bonds. The number of ether oxygens (including phenoxy) is 1. The molecule has 6 nitrogen and oxygen atoms in total. The highest BCUT2D eigenvalue weighted by Gasteiger charge is 2.16. The first-order valence-corrected chi connectivity index (χ1v) is 8.90. The Kier molecular flexibility index (Phi) is 6.25. The van der Waals surface area contributed by atoms with Gasteiger partial charge in [0.2, 0.25) is 5.16 Å². The highest BCUT2D eigenvalue weighted by molar-refractivity contribution is 8.04. The first-order valence-electron chi connectivity index (χ1n) is 8.08. The summed E-state index contributed by atoms with van der Waals surface area (Å²) in [5.41, 5.74) is 2.84. The number of nitrogens with zero attached hydrogens (tertiary/aromatic N) is 2. The number of methoxy groups -OCH3 is 1. The molecule has 25 heavy (non-hydrogen) atoms. The summed E-state index contributed by atoms with van der Waals surface area (Å²) < 4.78 is 5.44. The van der Waals surface area contributed by atoms with Gasteiger partial charge >= 0.3 is 5.97 Å². The van der Waals surface area contributed by atoms with Crippen molar-refractivity contribution in [1.29, 1.82) is 0 Å². The first-order chi connectivity index (χ1) is 11.8. The Morgan fingerprint density at radius 2 is 2.16 bits per heavy atom. The normalized spacial score (nSPS) is 11.8. The summed E-state index contributed by atoms with van der Waals surface area (Å²) in [4.78, 5) is 16.1. The number of H-pyrrole nitrogens is 1. The van der Waals surface area contributed by atoms with Gasteiger partial charge in [-0.2, -0.15) is 0 Å². The molecule has 0 saturated carbocycles. The molecule has 0 unspecified atom stereocenters. The van der Waals surface area contributed by atoms with Crippen LogP contribution in [0.1, 0.15) is 49.2 Å². The van der Waals surface area contributed by atoms with Gasteiger partial charge in [0.25, 0.3) is 0 Å². The fourth-order valence-electron chi connectivity index (χ4n) is 2.36. The molecule has 0 aliphatic heterocycles. The molecule has 1 heterocycles. The minimum Gasteiger partial charge on any atom is -0.496 e. The molecule has 0 spiro atoms. The molecule has 1 aromatic heterocycles. The molecule has 0 saturated heterocycles. The molecule has 0 radical (unpaired) electrons. The number of nitrogens with one attached hydrogen (secondary N) is 1. The van der Waals surface area contributed by atoms with Gasteiger partial charge in [0, 0.05) is 6.42 Å². The van der Waals surface area contributed by atoms with Gasteiger partial charge in [-0.05, 0) is 59.5 Å². The van der Waals surface area contributed by atoms with E-state index in [4.69, 9.17) is 4.74 Å². The third-order valence-electron chi connectivity index (χ3n) is 3.79. The zero-order valence-corrected chi connectivity index (χ0v) is 15.9. The molecule has 2 N–H and O–H groups in total. The molecule has 0 atom stereocenters. The second-order valence-electron chi connectivity index (χ2n) is 5.94. The number of aryl methyl sites for hydroxylation is 2. The van der Waals surface area contributed by atoms with Crippen LogP contribution in [0.15, 0.2) is 22.2 Å². The Morgan fingerprint density at radius 1 is 1.44 bits per heavy atom. The lowest BCUT2D eigenvalue weighted by Gasteiger charge is -2.15. The number of aromatic amines is 1. The fourth-order valence-corrected chi connectivity index (χ4v) is 3.07. The van der Waals surface area contributed by atoms with E-state index in [0.29, 0.717) is 5.16 Å². The molecule has 2 rings (SSSR count). The fraction of sp³-hybridized carbons (Fsp3) is 0.389. The number of aromatic nitrogens is 3. The summed E-state index contributed by atoms with van der Waals surface area (Å²) in [6, 6.07) is 3.92. The molecular formula is C18H23N3O3S. The first kappa shape index (κ1) is 19.1.